The molecule has 0 atom stereocenters. The fraction of sp³-hybridized carbons (Fsp3) is 0.250. The van der Waals surface area contributed by atoms with Gasteiger partial charge in [-0.1, -0.05) is 22.0 Å². The van der Waals surface area contributed by atoms with Crippen molar-refractivity contribution in [3.63, 3.8) is 0 Å². The van der Waals surface area contributed by atoms with Gasteiger partial charge in [-0.25, -0.2) is 0 Å². The Morgan fingerprint density at radius 1 is 1.67 bits per heavy atom. The summed E-state index contributed by atoms with van der Waals surface area (Å²) in [5.74, 6) is 0.0306. The molecule has 4 heteroatoms. The van der Waals surface area contributed by atoms with Crippen LogP contribution in [0, 0.1) is 6.92 Å². The highest BCUT2D eigenvalue weighted by atomic mass is 79.9. The van der Waals surface area contributed by atoms with E-state index in [2.05, 4.69) is 20.9 Å². The van der Waals surface area contributed by atoms with Gasteiger partial charge in [0.15, 0.2) is 5.78 Å². The zero-order valence-electron chi connectivity index (χ0n) is 6.58. The van der Waals surface area contributed by atoms with E-state index in [1.54, 1.807) is 6.20 Å². The van der Waals surface area contributed by atoms with Crippen molar-refractivity contribution in [2.45, 2.75) is 6.92 Å². The first-order chi connectivity index (χ1) is 5.25. The lowest BCUT2D eigenvalue weighted by molar-refractivity contribution is 0.101. The molecule has 66 valence electrons. The second-order valence-electron chi connectivity index (χ2n) is 2.23. The molecule has 0 bridgehead atoms. The lowest BCUT2D eigenvalue weighted by Crippen LogP contribution is -2.04. The molecule has 0 fully saturated rings. The van der Waals surface area contributed by atoms with Gasteiger partial charge >= 0.3 is 0 Å². The molecule has 0 unspecified atom stereocenters. The molecule has 1 aromatic rings. The lowest BCUT2D eigenvalue weighted by Gasteiger charge is -1.98. The van der Waals surface area contributed by atoms with Crippen molar-refractivity contribution in [2.24, 2.45) is 0 Å². The number of carbonyl (C=O) groups excluding carboxylic acids is 1. The molecule has 2 nitrogen and oxygen atoms in total. The molecule has 0 amide bonds. The van der Waals surface area contributed by atoms with Crippen LogP contribution in [0.1, 0.15) is 16.1 Å². The van der Waals surface area contributed by atoms with Crippen LogP contribution in [-0.4, -0.2) is 16.1 Å². The molecule has 0 radical (unpaired) electrons. The maximum absolute atomic E-state index is 11.1. The number of ketones is 1. The Morgan fingerprint density at radius 2 is 2.33 bits per heavy atom. The molecule has 0 N–H and O–H groups in total. The van der Waals surface area contributed by atoms with Gasteiger partial charge in [-0.05, 0) is 18.6 Å². The van der Waals surface area contributed by atoms with Gasteiger partial charge in [-0.2, -0.15) is 0 Å². The zero-order chi connectivity index (χ0) is 8.27. The minimum Gasteiger partial charge on any atom is -0.291 e. The molecule has 1 aromatic heterocycles. The molecule has 0 saturated heterocycles. The van der Waals surface area contributed by atoms with Gasteiger partial charge < -0.3 is 0 Å². The van der Waals surface area contributed by atoms with Crippen LogP contribution >= 0.6 is 32.9 Å². The summed E-state index contributed by atoms with van der Waals surface area (Å²) in [7, 11) is 0. The fourth-order valence-corrected chi connectivity index (χ4v) is 1.11. The number of alkyl halides is 1. The predicted octanol–water partition coefficient (Wildman–Crippen LogP) is 2.55. The van der Waals surface area contributed by atoms with Crippen LogP contribution in [-0.2, 0) is 0 Å². The van der Waals surface area contributed by atoms with E-state index in [4.69, 9.17) is 0 Å². The summed E-state index contributed by atoms with van der Waals surface area (Å²) >= 11 is 3.10. The molecule has 0 aliphatic heterocycles. The average molecular weight is 295 g/mol. The summed E-state index contributed by atoms with van der Waals surface area (Å²) in [5, 5.41) is 0.338. The molecule has 0 aliphatic carbocycles. The summed E-state index contributed by atoms with van der Waals surface area (Å²) in [6.45, 7) is 1.88. The first kappa shape index (κ1) is 11.8. The molecule has 0 saturated carbocycles. The summed E-state index contributed by atoms with van der Waals surface area (Å²) in [5.41, 5.74) is 1.49. The van der Waals surface area contributed by atoms with Crippen molar-refractivity contribution in [3.05, 3.63) is 29.6 Å². The van der Waals surface area contributed by atoms with E-state index in [-0.39, 0.29) is 22.8 Å². The van der Waals surface area contributed by atoms with Gasteiger partial charge in [0.1, 0.15) is 5.69 Å². The molecule has 0 aliphatic rings. The quantitative estimate of drug-likeness (QED) is 0.620. The number of halogens is 2. The standard InChI is InChI=1S/C8H8BrNO.BrH/c1-6-3-2-4-10-8(6)7(11)5-9;/h2-4H,5H2,1H3;1H. The van der Waals surface area contributed by atoms with E-state index >= 15 is 0 Å². The van der Waals surface area contributed by atoms with Gasteiger partial charge in [0.2, 0.25) is 0 Å². The summed E-state index contributed by atoms with van der Waals surface area (Å²) in [6, 6.07) is 3.70. The minimum absolute atomic E-state index is 0. The van der Waals surface area contributed by atoms with Crippen LogP contribution in [0.5, 0.6) is 0 Å². The van der Waals surface area contributed by atoms with Gasteiger partial charge in [0.05, 0.1) is 5.33 Å². The Balaban J connectivity index is 0.00000121. The van der Waals surface area contributed by atoms with Crippen molar-refractivity contribution in [3.8, 4) is 0 Å². The number of Topliss-reactive ketones (excluding diaryl/α,β-unsaturated/α-hetero) is 1. The highest BCUT2D eigenvalue weighted by Gasteiger charge is 2.06. The largest absolute Gasteiger partial charge is 0.291 e. The first-order valence-electron chi connectivity index (χ1n) is 3.26. The smallest absolute Gasteiger partial charge is 0.191 e. The average Bonchev–Trinajstić information content (AvgIpc) is 2.04. The van der Waals surface area contributed by atoms with Crippen molar-refractivity contribution < 1.29 is 4.79 Å². The monoisotopic (exact) mass is 293 g/mol. The third-order valence-electron chi connectivity index (χ3n) is 1.39. The van der Waals surface area contributed by atoms with E-state index in [1.807, 2.05) is 19.1 Å². The van der Waals surface area contributed by atoms with Crippen molar-refractivity contribution in [1.29, 1.82) is 0 Å². The Labute approximate surface area is 90.3 Å². The normalized spacial score (nSPS) is 8.83. The van der Waals surface area contributed by atoms with Gasteiger partial charge in [0, 0.05) is 6.20 Å². The molecular weight excluding hydrogens is 286 g/mol. The highest BCUT2D eigenvalue weighted by Crippen LogP contribution is 2.04. The zero-order valence-corrected chi connectivity index (χ0v) is 9.88. The number of aromatic nitrogens is 1. The summed E-state index contributed by atoms with van der Waals surface area (Å²) in [4.78, 5) is 15.1. The van der Waals surface area contributed by atoms with Crippen LogP contribution in [0.2, 0.25) is 0 Å². The Kier molecular flexibility index (Phi) is 5.33. The number of hydrogen-bond donors (Lipinski definition) is 0. The summed E-state index contributed by atoms with van der Waals surface area (Å²) in [6.07, 6.45) is 1.63. The molecule has 12 heavy (non-hydrogen) atoms. The van der Waals surface area contributed by atoms with Crippen LogP contribution in [0.3, 0.4) is 0 Å². The van der Waals surface area contributed by atoms with E-state index < -0.39 is 0 Å². The van der Waals surface area contributed by atoms with Crippen molar-refractivity contribution >= 4 is 38.7 Å². The van der Waals surface area contributed by atoms with Crippen molar-refractivity contribution in [1.82, 2.24) is 4.98 Å². The molecule has 1 rings (SSSR count). The van der Waals surface area contributed by atoms with Crippen LogP contribution < -0.4 is 0 Å². The third kappa shape index (κ3) is 2.68. The fourth-order valence-electron chi connectivity index (χ4n) is 0.841. The van der Waals surface area contributed by atoms with Gasteiger partial charge in [-0.3, -0.25) is 9.78 Å². The van der Waals surface area contributed by atoms with Gasteiger partial charge in [-0.15, -0.1) is 17.0 Å². The maximum atomic E-state index is 11.1. The third-order valence-corrected chi connectivity index (χ3v) is 1.90. The summed E-state index contributed by atoms with van der Waals surface area (Å²) < 4.78 is 0. The van der Waals surface area contributed by atoms with Crippen molar-refractivity contribution in [2.75, 3.05) is 5.33 Å². The van der Waals surface area contributed by atoms with Gasteiger partial charge in [0.25, 0.3) is 0 Å². The SMILES string of the molecule is Br.Cc1cccnc1C(=O)CBr. The Bertz CT molecular complexity index is 276. The topological polar surface area (TPSA) is 30.0 Å². The maximum Gasteiger partial charge on any atom is 0.191 e. The van der Waals surface area contributed by atoms with E-state index in [9.17, 15) is 4.79 Å². The van der Waals surface area contributed by atoms with E-state index in [0.29, 0.717) is 11.0 Å². The van der Waals surface area contributed by atoms with Crippen LogP contribution in [0.15, 0.2) is 18.3 Å². The second-order valence-corrected chi connectivity index (χ2v) is 2.79. The number of aryl methyl sites for hydroxylation is 1. The predicted molar refractivity (Wildman–Crippen MR) is 57.4 cm³/mol. The molecule has 0 spiro atoms. The second kappa shape index (κ2) is 5.43. The number of rotatable bonds is 2. The highest BCUT2D eigenvalue weighted by molar-refractivity contribution is 9.09. The number of hydrogen-bond acceptors (Lipinski definition) is 2. The molecule has 0 aromatic carbocycles. The first-order valence-corrected chi connectivity index (χ1v) is 4.38. The Morgan fingerprint density at radius 3 is 2.83 bits per heavy atom. The van der Waals surface area contributed by atoms with E-state index in [1.165, 1.54) is 0 Å². The van der Waals surface area contributed by atoms with Crippen LogP contribution in [0.25, 0.3) is 0 Å². The number of carbonyl (C=O) groups is 1. The number of nitrogens with zero attached hydrogens (tertiary/aromatic N) is 1. The van der Waals surface area contributed by atoms with Crippen LogP contribution in [0.4, 0.5) is 0 Å². The molecule has 1 heterocycles. The van der Waals surface area contributed by atoms with E-state index in [0.717, 1.165) is 5.56 Å². The minimum atomic E-state index is 0. The number of pyridine rings is 1. The lowest BCUT2D eigenvalue weighted by atomic mass is 10.2. The Hall–Kier alpha value is -0.220. The molecular formula is C8H9Br2NO.